The molecule has 0 fully saturated rings. The predicted octanol–water partition coefficient (Wildman–Crippen LogP) is 1.90. The van der Waals surface area contributed by atoms with Gasteiger partial charge in [0.2, 0.25) is 0 Å². The van der Waals surface area contributed by atoms with E-state index in [-0.39, 0.29) is 15.8 Å². The van der Waals surface area contributed by atoms with Gasteiger partial charge in [0.25, 0.3) is 15.9 Å². The Kier molecular flexibility index (Phi) is 4.44. The van der Waals surface area contributed by atoms with E-state index in [2.05, 4.69) is 15.0 Å². The molecule has 0 radical (unpaired) electrons. The Morgan fingerprint density at radius 1 is 1.19 bits per heavy atom. The second-order valence-electron chi connectivity index (χ2n) is 4.07. The van der Waals surface area contributed by atoms with Crippen LogP contribution in [0.1, 0.15) is 10.4 Å². The highest BCUT2D eigenvalue weighted by Crippen LogP contribution is 2.22. The SMILES string of the molecule is CNC(=O)c1ccc(NS(=O)(=O)c2cnccc2Cl)cc1. The minimum Gasteiger partial charge on any atom is -0.355 e. The van der Waals surface area contributed by atoms with E-state index in [4.69, 9.17) is 11.6 Å². The number of nitrogens with one attached hydrogen (secondary N) is 2. The van der Waals surface area contributed by atoms with E-state index in [0.717, 1.165) is 0 Å². The summed E-state index contributed by atoms with van der Waals surface area (Å²) in [5.74, 6) is -0.250. The maximum atomic E-state index is 12.2. The number of carbonyl (C=O) groups is 1. The van der Waals surface area contributed by atoms with Gasteiger partial charge in [-0.1, -0.05) is 11.6 Å². The number of sulfonamides is 1. The van der Waals surface area contributed by atoms with Crippen LogP contribution in [0.5, 0.6) is 0 Å². The van der Waals surface area contributed by atoms with Crippen molar-refractivity contribution in [2.75, 3.05) is 11.8 Å². The minimum absolute atomic E-state index is 0.0829. The molecule has 0 bridgehead atoms. The Morgan fingerprint density at radius 2 is 1.86 bits per heavy atom. The van der Waals surface area contributed by atoms with Gasteiger partial charge in [-0.05, 0) is 30.3 Å². The van der Waals surface area contributed by atoms with Crippen LogP contribution in [0.25, 0.3) is 0 Å². The number of carbonyl (C=O) groups excluding carboxylic acids is 1. The zero-order valence-corrected chi connectivity index (χ0v) is 12.6. The Labute approximate surface area is 127 Å². The molecule has 0 spiro atoms. The summed E-state index contributed by atoms with van der Waals surface area (Å²) in [6.07, 6.45) is 2.57. The maximum absolute atomic E-state index is 12.2. The van der Waals surface area contributed by atoms with Gasteiger partial charge in [-0.2, -0.15) is 0 Å². The number of amides is 1. The Morgan fingerprint density at radius 3 is 2.43 bits per heavy atom. The zero-order valence-electron chi connectivity index (χ0n) is 11.0. The van der Waals surface area contributed by atoms with E-state index in [0.29, 0.717) is 11.3 Å². The molecule has 6 nitrogen and oxygen atoms in total. The molecule has 2 rings (SSSR count). The molecule has 0 atom stereocenters. The zero-order chi connectivity index (χ0) is 15.5. The van der Waals surface area contributed by atoms with Crippen molar-refractivity contribution < 1.29 is 13.2 Å². The summed E-state index contributed by atoms with van der Waals surface area (Å²) in [4.78, 5) is 15.0. The predicted molar refractivity (Wildman–Crippen MR) is 79.9 cm³/mol. The van der Waals surface area contributed by atoms with Crippen molar-refractivity contribution in [2.24, 2.45) is 0 Å². The first-order valence-electron chi connectivity index (χ1n) is 5.88. The number of hydrogen-bond acceptors (Lipinski definition) is 4. The highest BCUT2D eigenvalue weighted by Gasteiger charge is 2.18. The molecule has 1 aromatic carbocycles. The van der Waals surface area contributed by atoms with Gasteiger partial charge in [-0.25, -0.2) is 8.42 Å². The number of halogens is 1. The molecule has 0 unspecified atom stereocenters. The third-order valence-corrected chi connectivity index (χ3v) is 4.50. The number of hydrogen-bond donors (Lipinski definition) is 2. The van der Waals surface area contributed by atoms with Crippen molar-refractivity contribution in [2.45, 2.75) is 4.90 Å². The first-order chi connectivity index (χ1) is 9.94. The fraction of sp³-hybridized carbons (Fsp3) is 0.0769. The van der Waals surface area contributed by atoms with Gasteiger partial charge in [-0.3, -0.25) is 14.5 Å². The summed E-state index contributed by atoms with van der Waals surface area (Å²) in [5.41, 5.74) is 0.752. The van der Waals surface area contributed by atoms with Crippen molar-refractivity contribution in [3.05, 3.63) is 53.3 Å². The number of anilines is 1. The van der Waals surface area contributed by atoms with Gasteiger partial charge in [-0.15, -0.1) is 0 Å². The van der Waals surface area contributed by atoms with Crippen molar-refractivity contribution >= 4 is 33.2 Å². The molecule has 0 saturated carbocycles. The molecule has 8 heteroatoms. The molecule has 110 valence electrons. The largest absolute Gasteiger partial charge is 0.355 e. The van der Waals surface area contributed by atoms with Gasteiger partial charge >= 0.3 is 0 Å². The van der Waals surface area contributed by atoms with Crippen LogP contribution < -0.4 is 10.0 Å². The molecule has 0 aliphatic heterocycles. The van der Waals surface area contributed by atoms with Crippen LogP contribution in [-0.4, -0.2) is 26.4 Å². The first-order valence-corrected chi connectivity index (χ1v) is 7.74. The second kappa shape index (κ2) is 6.11. The summed E-state index contributed by atoms with van der Waals surface area (Å²) in [5, 5.41) is 2.56. The lowest BCUT2D eigenvalue weighted by Gasteiger charge is -2.09. The van der Waals surface area contributed by atoms with Crippen molar-refractivity contribution in [3.63, 3.8) is 0 Å². The van der Waals surface area contributed by atoms with E-state index in [1.54, 1.807) is 0 Å². The van der Waals surface area contributed by atoms with Gasteiger partial charge in [0.15, 0.2) is 0 Å². The smallest absolute Gasteiger partial charge is 0.264 e. The van der Waals surface area contributed by atoms with Crippen molar-refractivity contribution in [1.82, 2.24) is 10.3 Å². The third-order valence-electron chi connectivity index (χ3n) is 2.65. The van der Waals surface area contributed by atoms with E-state index < -0.39 is 10.0 Å². The molecular weight excluding hydrogens is 314 g/mol. The molecule has 2 N–H and O–H groups in total. The summed E-state index contributed by atoms with van der Waals surface area (Å²) in [6, 6.07) is 7.41. The standard InChI is InChI=1S/C13H12ClN3O3S/c1-15-13(18)9-2-4-10(5-3-9)17-21(19,20)12-8-16-7-6-11(12)14/h2-8,17H,1H3,(H,15,18). The third kappa shape index (κ3) is 3.50. The van der Waals surface area contributed by atoms with Gasteiger partial charge in [0, 0.05) is 30.7 Å². The van der Waals surface area contributed by atoms with Gasteiger partial charge in [0.05, 0.1) is 5.02 Å². The Bertz CT molecular complexity index is 760. The highest BCUT2D eigenvalue weighted by molar-refractivity contribution is 7.92. The first kappa shape index (κ1) is 15.3. The van der Waals surface area contributed by atoms with Crippen LogP contribution in [-0.2, 0) is 10.0 Å². The molecule has 21 heavy (non-hydrogen) atoms. The molecule has 1 amide bonds. The van der Waals surface area contributed by atoms with Gasteiger partial charge in [0.1, 0.15) is 4.90 Å². The molecule has 2 aromatic rings. The topological polar surface area (TPSA) is 88.2 Å². The van der Waals surface area contributed by atoms with Crippen LogP contribution in [0.15, 0.2) is 47.6 Å². The quantitative estimate of drug-likeness (QED) is 0.898. The van der Waals surface area contributed by atoms with Crippen LogP contribution in [0.4, 0.5) is 5.69 Å². The number of pyridine rings is 1. The second-order valence-corrected chi connectivity index (χ2v) is 6.13. The molecule has 1 heterocycles. The maximum Gasteiger partial charge on any atom is 0.264 e. The Hall–Kier alpha value is -2.12. The van der Waals surface area contributed by atoms with E-state index in [9.17, 15) is 13.2 Å². The normalized spacial score (nSPS) is 11.0. The molecular formula is C13H12ClN3O3S. The molecule has 1 aromatic heterocycles. The van der Waals surface area contributed by atoms with E-state index in [1.165, 1.54) is 49.8 Å². The van der Waals surface area contributed by atoms with Crippen molar-refractivity contribution in [1.29, 1.82) is 0 Å². The molecule has 0 aliphatic carbocycles. The fourth-order valence-corrected chi connectivity index (χ4v) is 3.10. The van der Waals surface area contributed by atoms with E-state index >= 15 is 0 Å². The molecule has 0 saturated heterocycles. The summed E-state index contributed by atoms with van der Waals surface area (Å²) in [7, 11) is -2.31. The monoisotopic (exact) mass is 325 g/mol. The van der Waals surface area contributed by atoms with Crippen molar-refractivity contribution in [3.8, 4) is 0 Å². The van der Waals surface area contributed by atoms with Crippen LogP contribution in [0, 0.1) is 0 Å². The lowest BCUT2D eigenvalue weighted by atomic mass is 10.2. The lowest BCUT2D eigenvalue weighted by Crippen LogP contribution is -2.18. The number of nitrogens with zero attached hydrogens (tertiary/aromatic N) is 1. The number of aromatic nitrogens is 1. The summed E-state index contributed by atoms with van der Waals surface area (Å²) >= 11 is 5.85. The minimum atomic E-state index is -3.83. The lowest BCUT2D eigenvalue weighted by molar-refractivity contribution is 0.0963. The van der Waals surface area contributed by atoms with Crippen LogP contribution in [0.2, 0.25) is 5.02 Å². The Balaban J connectivity index is 2.25. The number of rotatable bonds is 4. The summed E-state index contributed by atoms with van der Waals surface area (Å²) in [6.45, 7) is 0. The van der Waals surface area contributed by atoms with Crippen LogP contribution >= 0.6 is 11.6 Å². The average molecular weight is 326 g/mol. The van der Waals surface area contributed by atoms with Crippen LogP contribution in [0.3, 0.4) is 0 Å². The van der Waals surface area contributed by atoms with E-state index in [1.807, 2.05) is 0 Å². The van der Waals surface area contributed by atoms with Gasteiger partial charge < -0.3 is 5.32 Å². The summed E-state index contributed by atoms with van der Waals surface area (Å²) < 4.78 is 26.7. The average Bonchev–Trinajstić information content (AvgIpc) is 2.47. The molecule has 0 aliphatic rings. The fourth-order valence-electron chi connectivity index (χ4n) is 1.60. The highest BCUT2D eigenvalue weighted by atomic mass is 35.5. The number of benzene rings is 1.